The van der Waals surface area contributed by atoms with Crippen LogP contribution < -0.4 is 0 Å². The quantitative estimate of drug-likeness (QED) is 0.485. The van der Waals surface area contributed by atoms with Gasteiger partial charge in [-0.25, -0.2) is 14.8 Å². The first-order chi connectivity index (χ1) is 17.8. The van der Waals surface area contributed by atoms with Gasteiger partial charge >= 0.3 is 18.4 Å². The molecule has 2 N–H and O–H groups in total. The largest absolute Gasteiger partial charge is 0.465 e. The molecule has 3 atom stereocenters. The second-order valence-corrected chi connectivity index (χ2v) is 12.1. The van der Waals surface area contributed by atoms with Crippen LogP contribution in [0.4, 0.5) is 31.1 Å². The van der Waals surface area contributed by atoms with E-state index in [0.29, 0.717) is 6.54 Å². The van der Waals surface area contributed by atoms with Gasteiger partial charge in [-0.3, -0.25) is 14.6 Å². The molecule has 9 nitrogen and oxygen atoms in total. The maximum absolute atomic E-state index is 13.5. The summed E-state index contributed by atoms with van der Waals surface area (Å²) in [5.41, 5.74) is -3.58. The van der Waals surface area contributed by atoms with E-state index >= 15 is 0 Å². The minimum absolute atomic E-state index is 0.0343. The van der Waals surface area contributed by atoms with E-state index in [4.69, 9.17) is 0 Å². The molecule has 0 saturated carbocycles. The summed E-state index contributed by atoms with van der Waals surface area (Å²) < 4.78 is 80.3. The number of aliphatic hydroxyl groups excluding tert-OH is 1. The van der Waals surface area contributed by atoms with Gasteiger partial charge in [0.25, 0.3) is 0 Å². The third-order valence-corrected chi connectivity index (χ3v) is 7.70. The average molecular weight is 588 g/mol. The van der Waals surface area contributed by atoms with Crippen molar-refractivity contribution in [2.24, 2.45) is 0 Å². The highest BCUT2D eigenvalue weighted by Gasteiger charge is 2.44. The van der Waals surface area contributed by atoms with Gasteiger partial charge in [0.05, 0.1) is 17.5 Å². The number of amides is 2. The Balaban J connectivity index is 1.90. The molecule has 1 aromatic rings. The van der Waals surface area contributed by atoms with Crippen LogP contribution in [0.2, 0.25) is 0 Å². The van der Waals surface area contributed by atoms with Crippen molar-refractivity contribution < 1.29 is 46.1 Å². The number of rotatable bonds is 6. The second-order valence-electron chi connectivity index (χ2n) is 10.7. The molecule has 1 aromatic heterocycles. The van der Waals surface area contributed by atoms with E-state index in [2.05, 4.69) is 9.97 Å². The fraction of sp³-hybridized carbons (Fsp3) is 0.739. The molecule has 2 aliphatic heterocycles. The summed E-state index contributed by atoms with van der Waals surface area (Å²) in [6, 6.07) is -0.917. The van der Waals surface area contributed by atoms with Crippen LogP contribution in [-0.2, 0) is 30.1 Å². The summed E-state index contributed by atoms with van der Waals surface area (Å²) >= 11 is 1.46. The van der Waals surface area contributed by atoms with Gasteiger partial charge in [0.15, 0.2) is 5.69 Å². The highest BCUT2D eigenvalue weighted by atomic mass is 32.2. The smallest absolute Gasteiger partial charge is 0.451 e. The van der Waals surface area contributed by atoms with Crippen molar-refractivity contribution in [1.29, 1.82) is 0 Å². The maximum atomic E-state index is 13.5. The summed E-state index contributed by atoms with van der Waals surface area (Å²) in [6.45, 7) is 6.49. The number of fused-ring (bicyclic) bond motifs is 1. The van der Waals surface area contributed by atoms with Crippen molar-refractivity contribution in [3.8, 4) is 0 Å². The SMILES string of the molecule is CC1CN(C[C@H](CC(O)N2CCc3c(nc(C(F)(F)F)nc3C(F)(F)F)C2)N(C(=O)O)C(C)(C)C)C(=O)CS1. The van der Waals surface area contributed by atoms with Crippen LogP contribution in [0.15, 0.2) is 0 Å². The summed E-state index contributed by atoms with van der Waals surface area (Å²) in [4.78, 5) is 34.7. The molecule has 2 unspecified atom stereocenters. The zero-order valence-corrected chi connectivity index (χ0v) is 22.6. The number of alkyl halides is 6. The Bertz CT molecular complexity index is 1080. The molecule has 2 amide bonds. The number of aromatic nitrogens is 2. The van der Waals surface area contributed by atoms with Crippen molar-refractivity contribution in [2.45, 2.75) is 82.5 Å². The Morgan fingerprint density at radius 2 is 1.79 bits per heavy atom. The zero-order valence-electron chi connectivity index (χ0n) is 21.8. The summed E-state index contributed by atoms with van der Waals surface area (Å²) in [5, 5.41) is 21.2. The number of carbonyl (C=O) groups excluding carboxylic acids is 1. The first-order valence-electron chi connectivity index (χ1n) is 12.2. The van der Waals surface area contributed by atoms with Crippen molar-refractivity contribution in [2.75, 3.05) is 25.4 Å². The number of carboxylic acid groups (broad SMARTS) is 1. The first kappa shape index (κ1) is 31.2. The van der Waals surface area contributed by atoms with Crippen LogP contribution in [0.1, 0.15) is 56.9 Å². The van der Waals surface area contributed by atoms with E-state index in [-0.39, 0.29) is 42.8 Å². The molecule has 1 saturated heterocycles. The fourth-order valence-electron chi connectivity index (χ4n) is 4.91. The molecule has 1 fully saturated rings. The molecule has 39 heavy (non-hydrogen) atoms. The minimum Gasteiger partial charge on any atom is -0.465 e. The number of hydrogen-bond acceptors (Lipinski definition) is 7. The second kappa shape index (κ2) is 11.3. The molecule has 0 spiro atoms. The van der Waals surface area contributed by atoms with E-state index in [1.165, 1.54) is 21.6 Å². The number of carbonyl (C=O) groups is 2. The standard InChI is InChI=1S/C23H31F6N5O4S/c1-12-8-33(17(36)11-39-12)9-13(34(20(37)38)21(2,3)4)7-16(35)32-6-5-14-15(10-32)30-19(23(27,28)29)31-18(14)22(24,25)26/h12-13,16,35H,5-11H2,1-4H3,(H,37,38)/t12?,13-,16?/m0/s1. The van der Waals surface area contributed by atoms with E-state index in [1.54, 1.807) is 20.8 Å². The van der Waals surface area contributed by atoms with Crippen LogP contribution in [0.3, 0.4) is 0 Å². The maximum Gasteiger partial charge on any atom is 0.451 e. The average Bonchev–Trinajstić information content (AvgIpc) is 2.77. The lowest BCUT2D eigenvalue weighted by Crippen LogP contribution is -2.58. The van der Waals surface area contributed by atoms with Crippen LogP contribution in [-0.4, -0.2) is 95.3 Å². The van der Waals surface area contributed by atoms with Gasteiger partial charge in [-0.15, -0.1) is 11.8 Å². The Kier molecular flexibility index (Phi) is 9.02. The molecule has 0 aromatic carbocycles. The van der Waals surface area contributed by atoms with Gasteiger partial charge in [0, 0.05) is 49.0 Å². The molecule has 2 aliphatic rings. The third kappa shape index (κ3) is 7.45. The van der Waals surface area contributed by atoms with E-state index in [9.17, 15) is 46.1 Å². The highest BCUT2D eigenvalue weighted by molar-refractivity contribution is 8.00. The summed E-state index contributed by atoms with van der Waals surface area (Å²) in [7, 11) is 0. The highest BCUT2D eigenvalue weighted by Crippen LogP contribution is 2.37. The third-order valence-electron chi connectivity index (χ3n) is 6.57. The van der Waals surface area contributed by atoms with Crippen molar-refractivity contribution in [3.63, 3.8) is 0 Å². The molecule has 3 heterocycles. The van der Waals surface area contributed by atoms with Gasteiger partial charge in [-0.05, 0) is 27.2 Å². The fourth-order valence-corrected chi connectivity index (χ4v) is 5.81. The lowest BCUT2D eigenvalue weighted by molar-refractivity contribution is -0.153. The molecule has 0 radical (unpaired) electrons. The Morgan fingerprint density at radius 1 is 1.15 bits per heavy atom. The van der Waals surface area contributed by atoms with Gasteiger partial charge in [-0.1, -0.05) is 6.92 Å². The van der Waals surface area contributed by atoms with E-state index in [0.717, 1.165) is 4.90 Å². The lowest BCUT2D eigenvalue weighted by atomic mass is 9.98. The van der Waals surface area contributed by atoms with Gasteiger partial charge in [0.2, 0.25) is 11.7 Å². The van der Waals surface area contributed by atoms with Crippen molar-refractivity contribution >= 4 is 23.8 Å². The molecule has 0 bridgehead atoms. The van der Waals surface area contributed by atoms with Crippen molar-refractivity contribution in [1.82, 2.24) is 24.7 Å². The topological polar surface area (TPSA) is 110 Å². The Labute approximate surface area is 225 Å². The lowest BCUT2D eigenvalue weighted by Gasteiger charge is -2.44. The summed E-state index contributed by atoms with van der Waals surface area (Å²) in [5.74, 6) is -1.91. The normalized spacial score (nSPS) is 20.9. The van der Waals surface area contributed by atoms with Crippen LogP contribution in [0, 0.1) is 0 Å². The van der Waals surface area contributed by atoms with E-state index in [1.807, 2.05) is 6.92 Å². The monoisotopic (exact) mass is 587 g/mol. The Hall–Kier alpha value is -2.33. The summed E-state index contributed by atoms with van der Waals surface area (Å²) in [6.07, 6.45) is -13.7. The Morgan fingerprint density at radius 3 is 2.33 bits per heavy atom. The molecule has 16 heteroatoms. The number of hydrogen-bond donors (Lipinski definition) is 2. The number of halogens is 6. The molecular formula is C23H31F6N5O4S. The minimum atomic E-state index is -5.22. The van der Waals surface area contributed by atoms with Gasteiger partial charge in [0.1, 0.15) is 6.23 Å². The van der Waals surface area contributed by atoms with Gasteiger partial charge < -0.3 is 15.1 Å². The number of thioether (sulfide) groups is 1. The molecule has 3 rings (SSSR count). The number of nitrogens with zero attached hydrogens (tertiary/aromatic N) is 5. The predicted molar refractivity (Wildman–Crippen MR) is 129 cm³/mol. The molecule has 220 valence electrons. The van der Waals surface area contributed by atoms with E-state index < -0.39 is 65.6 Å². The predicted octanol–water partition coefficient (Wildman–Crippen LogP) is 3.69. The van der Waals surface area contributed by atoms with Crippen LogP contribution >= 0.6 is 11.8 Å². The van der Waals surface area contributed by atoms with Crippen LogP contribution in [0.25, 0.3) is 0 Å². The van der Waals surface area contributed by atoms with Gasteiger partial charge in [-0.2, -0.15) is 26.3 Å². The zero-order chi connectivity index (χ0) is 29.5. The molecule has 0 aliphatic carbocycles. The van der Waals surface area contributed by atoms with Crippen LogP contribution in [0.5, 0.6) is 0 Å². The first-order valence-corrected chi connectivity index (χ1v) is 13.2. The number of aliphatic hydroxyl groups is 1. The molecular weight excluding hydrogens is 556 g/mol. The van der Waals surface area contributed by atoms with Crippen molar-refractivity contribution in [3.05, 3.63) is 22.8 Å².